The van der Waals surface area contributed by atoms with Crippen molar-refractivity contribution in [2.75, 3.05) is 19.8 Å². The minimum atomic E-state index is -0.894. The number of hydrogen-bond donors (Lipinski definition) is 2. The quantitative estimate of drug-likeness (QED) is 0.826. The zero-order valence-electron chi connectivity index (χ0n) is 8.68. The number of morpholine rings is 1. The number of carboxylic acid groups (broad SMARTS) is 1. The molecule has 5 heteroatoms. The minimum absolute atomic E-state index is 0. The molecule has 0 unspecified atom stereocenters. The average molecular weight is 244 g/mol. The number of halogens is 1. The maximum atomic E-state index is 10.6. The van der Waals surface area contributed by atoms with Gasteiger partial charge in [0.2, 0.25) is 0 Å². The summed E-state index contributed by atoms with van der Waals surface area (Å²) in [6, 6.07) is 7.08. The maximum absolute atomic E-state index is 10.6. The van der Waals surface area contributed by atoms with Gasteiger partial charge in [0, 0.05) is 6.54 Å². The van der Waals surface area contributed by atoms with Crippen molar-refractivity contribution in [3.05, 3.63) is 35.4 Å². The summed E-state index contributed by atoms with van der Waals surface area (Å²) >= 11 is 0. The Morgan fingerprint density at radius 2 is 2.06 bits per heavy atom. The lowest BCUT2D eigenvalue weighted by atomic mass is 10.0. The summed E-state index contributed by atoms with van der Waals surface area (Å²) in [6.07, 6.45) is 0. The number of hydrogen-bond acceptors (Lipinski definition) is 3. The van der Waals surface area contributed by atoms with Crippen LogP contribution in [0.15, 0.2) is 24.3 Å². The van der Waals surface area contributed by atoms with E-state index in [-0.39, 0.29) is 18.4 Å². The first-order chi connectivity index (χ1) is 7.27. The molecule has 1 aliphatic rings. The molecule has 1 aliphatic heterocycles. The molecule has 0 radical (unpaired) electrons. The Kier molecular flexibility index (Phi) is 4.73. The van der Waals surface area contributed by atoms with E-state index in [2.05, 4.69) is 5.32 Å². The Labute approximate surface area is 100 Å². The van der Waals surface area contributed by atoms with Gasteiger partial charge in [0.25, 0.3) is 0 Å². The predicted octanol–water partition coefficient (Wildman–Crippen LogP) is 1.47. The first-order valence-electron chi connectivity index (χ1n) is 4.92. The third-order valence-corrected chi connectivity index (χ3v) is 2.48. The molecule has 16 heavy (non-hydrogen) atoms. The van der Waals surface area contributed by atoms with E-state index in [1.54, 1.807) is 12.1 Å². The zero-order chi connectivity index (χ0) is 10.7. The standard InChI is InChI=1S/C11H13NO3.ClH/c13-11(14)9-3-1-8(2-4-9)10-7-15-6-5-12-10;/h1-4,10,12H,5-7H2,(H,13,14);1H/t10-;/m0./s1. The summed E-state index contributed by atoms with van der Waals surface area (Å²) in [4.78, 5) is 10.6. The fourth-order valence-electron chi connectivity index (χ4n) is 1.64. The van der Waals surface area contributed by atoms with Crippen LogP contribution in [0.1, 0.15) is 22.0 Å². The van der Waals surface area contributed by atoms with Crippen LogP contribution in [0.3, 0.4) is 0 Å². The number of carboxylic acids is 1. The van der Waals surface area contributed by atoms with Crippen molar-refractivity contribution in [1.29, 1.82) is 0 Å². The van der Waals surface area contributed by atoms with Crippen LogP contribution in [0, 0.1) is 0 Å². The number of rotatable bonds is 2. The highest BCUT2D eigenvalue weighted by Crippen LogP contribution is 2.16. The molecule has 1 aromatic carbocycles. The molecule has 4 nitrogen and oxygen atoms in total. The van der Waals surface area contributed by atoms with Gasteiger partial charge in [0.1, 0.15) is 0 Å². The van der Waals surface area contributed by atoms with Crippen LogP contribution in [0.25, 0.3) is 0 Å². The molecule has 0 bridgehead atoms. The smallest absolute Gasteiger partial charge is 0.335 e. The molecule has 0 aliphatic carbocycles. The number of carbonyl (C=O) groups is 1. The fraction of sp³-hybridized carbons (Fsp3) is 0.364. The van der Waals surface area contributed by atoms with Crippen molar-refractivity contribution in [1.82, 2.24) is 5.32 Å². The lowest BCUT2D eigenvalue weighted by molar-refractivity contribution is 0.0696. The molecular weight excluding hydrogens is 230 g/mol. The molecule has 0 saturated carbocycles. The van der Waals surface area contributed by atoms with Crippen LogP contribution in [-0.4, -0.2) is 30.8 Å². The number of nitrogens with one attached hydrogen (secondary N) is 1. The fourth-order valence-corrected chi connectivity index (χ4v) is 1.64. The second kappa shape index (κ2) is 5.84. The average Bonchev–Trinajstić information content (AvgIpc) is 2.30. The van der Waals surface area contributed by atoms with Gasteiger partial charge in [-0.25, -0.2) is 4.79 Å². The van der Waals surface area contributed by atoms with Gasteiger partial charge in [0.05, 0.1) is 24.8 Å². The molecule has 1 fully saturated rings. The minimum Gasteiger partial charge on any atom is -0.478 e. The van der Waals surface area contributed by atoms with Crippen molar-refractivity contribution in [2.45, 2.75) is 6.04 Å². The molecule has 1 heterocycles. The Morgan fingerprint density at radius 1 is 1.38 bits per heavy atom. The topological polar surface area (TPSA) is 58.6 Å². The summed E-state index contributed by atoms with van der Waals surface area (Å²) in [5.41, 5.74) is 1.38. The van der Waals surface area contributed by atoms with E-state index < -0.39 is 5.97 Å². The van der Waals surface area contributed by atoms with E-state index in [1.807, 2.05) is 12.1 Å². The second-order valence-corrected chi connectivity index (χ2v) is 3.51. The van der Waals surface area contributed by atoms with Crippen LogP contribution in [0.5, 0.6) is 0 Å². The van der Waals surface area contributed by atoms with Gasteiger partial charge in [0.15, 0.2) is 0 Å². The molecule has 2 rings (SSSR count). The largest absolute Gasteiger partial charge is 0.478 e. The Balaban J connectivity index is 0.00000128. The highest BCUT2D eigenvalue weighted by Gasteiger charge is 2.15. The van der Waals surface area contributed by atoms with E-state index in [1.165, 1.54) is 0 Å². The maximum Gasteiger partial charge on any atom is 0.335 e. The van der Waals surface area contributed by atoms with E-state index in [0.717, 1.165) is 18.7 Å². The molecule has 2 N–H and O–H groups in total. The van der Waals surface area contributed by atoms with Gasteiger partial charge in [-0.3, -0.25) is 0 Å². The molecule has 0 amide bonds. The zero-order valence-corrected chi connectivity index (χ0v) is 9.50. The van der Waals surface area contributed by atoms with E-state index in [0.29, 0.717) is 12.2 Å². The van der Waals surface area contributed by atoms with Crippen molar-refractivity contribution in [3.63, 3.8) is 0 Å². The van der Waals surface area contributed by atoms with Crippen molar-refractivity contribution in [2.24, 2.45) is 0 Å². The second-order valence-electron chi connectivity index (χ2n) is 3.51. The van der Waals surface area contributed by atoms with E-state index in [4.69, 9.17) is 9.84 Å². The summed E-state index contributed by atoms with van der Waals surface area (Å²) in [7, 11) is 0. The van der Waals surface area contributed by atoms with Gasteiger partial charge < -0.3 is 15.2 Å². The first kappa shape index (κ1) is 13.0. The summed E-state index contributed by atoms with van der Waals surface area (Å²) in [6.45, 7) is 2.22. The first-order valence-corrected chi connectivity index (χ1v) is 4.92. The monoisotopic (exact) mass is 243 g/mol. The number of benzene rings is 1. The predicted molar refractivity (Wildman–Crippen MR) is 62.2 cm³/mol. The van der Waals surface area contributed by atoms with Gasteiger partial charge in [-0.2, -0.15) is 0 Å². The lowest BCUT2D eigenvalue weighted by Crippen LogP contribution is -2.34. The molecule has 1 atom stereocenters. The Hall–Kier alpha value is -1.10. The van der Waals surface area contributed by atoms with Crippen LogP contribution in [0.4, 0.5) is 0 Å². The number of ether oxygens (including phenoxy) is 1. The van der Waals surface area contributed by atoms with Gasteiger partial charge in [-0.15, -0.1) is 12.4 Å². The third kappa shape index (κ3) is 2.95. The summed E-state index contributed by atoms with van der Waals surface area (Å²) in [5.74, 6) is -0.894. The summed E-state index contributed by atoms with van der Waals surface area (Å²) < 4.78 is 5.34. The highest BCUT2D eigenvalue weighted by molar-refractivity contribution is 5.87. The molecule has 1 saturated heterocycles. The van der Waals surface area contributed by atoms with Crippen LogP contribution in [0.2, 0.25) is 0 Å². The van der Waals surface area contributed by atoms with E-state index in [9.17, 15) is 4.79 Å². The molecular formula is C11H14ClNO3. The lowest BCUT2D eigenvalue weighted by Gasteiger charge is -2.24. The summed E-state index contributed by atoms with van der Waals surface area (Å²) in [5, 5.41) is 12.1. The van der Waals surface area contributed by atoms with Crippen LogP contribution in [-0.2, 0) is 4.74 Å². The Bertz CT molecular complexity index is 347. The number of aromatic carboxylic acids is 1. The van der Waals surface area contributed by atoms with Crippen molar-refractivity contribution in [3.8, 4) is 0 Å². The normalized spacial score (nSPS) is 19.9. The molecule has 0 aromatic heterocycles. The SMILES string of the molecule is Cl.O=C(O)c1ccc([C@@H]2COCCN2)cc1. The van der Waals surface area contributed by atoms with Crippen LogP contribution >= 0.6 is 12.4 Å². The Morgan fingerprint density at radius 3 is 2.56 bits per heavy atom. The van der Waals surface area contributed by atoms with Crippen molar-refractivity contribution < 1.29 is 14.6 Å². The van der Waals surface area contributed by atoms with Crippen LogP contribution < -0.4 is 5.32 Å². The molecule has 88 valence electrons. The van der Waals surface area contributed by atoms with Gasteiger partial charge in [-0.1, -0.05) is 12.1 Å². The highest BCUT2D eigenvalue weighted by atomic mass is 35.5. The van der Waals surface area contributed by atoms with Crippen molar-refractivity contribution >= 4 is 18.4 Å². The molecule has 0 spiro atoms. The van der Waals surface area contributed by atoms with Gasteiger partial charge >= 0.3 is 5.97 Å². The molecule has 1 aromatic rings. The van der Waals surface area contributed by atoms with Gasteiger partial charge in [-0.05, 0) is 17.7 Å². The third-order valence-electron chi connectivity index (χ3n) is 2.48. The van der Waals surface area contributed by atoms with E-state index >= 15 is 0 Å².